The van der Waals surface area contributed by atoms with Gasteiger partial charge in [-0.2, -0.15) is 0 Å². The van der Waals surface area contributed by atoms with Gasteiger partial charge in [0.25, 0.3) is 0 Å². The molecule has 0 bridgehead atoms. The van der Waals surface area contributed by atoms with Crippen LogP contribution in [0.1, 0.15) is 19.8 Å². The topological polar surface area (TPSA) is 32.8 Å². The van der Waals surface area contributed by atoms with E-state index in [2.05, 4.69) is 0 Å². The van der Waals surface area contributed by atoms with Crippen LogP contribution in [0.4, 0.5) is 0 Å². The van der Waals surface area contributed by atoms with Crippen molar-refractivity contribution < 1.29 is 9.84 Å². The molecule has 0 spiro atoms. The summed E-state index contributed by atoms with van der Waals surface area (Å²) in [6, 6.07) is 0. The van der Waals surface area contributed by atoms with Gasteiger partial charge >= 0.3 is 0 Å². The van der Waals surface area contributed by atoms with E-state index >= 15 is 0 Å². The molecular formula is C8H15ClO2. The highest BCUT2D eigenvalue weighted by atomic mass is 35.5. The van der Waals surface area contributed by atoms with Crippen molar-refractivity contribution in [2.24, 2.45) is 5.92 Å². The summed E-state index contributed by atoms with van der Waals surface area (Å²) in [6.45, 7) is 2.32. The van der Waals surface area contributed by atoms with E-state index in [4.69, 9.17) is 21.4 Å². The van der Waals surface area contributed by atoms with E-state index < -0.39 is 0 Å². The van der Waals surface area contributed by atoms with Crippen LogP contribution in [0, 0.1) is 5.92 Å². The smallest absolute Gasteiger partial charge is 0.0976 e. The summed E-state index contributed by atoms with van der Waals surface area (Å²) in [5.74, 6) is 1.01. The largest absolute Gasteiger partial charge is 0.396 e. The standard InChI is InChI=1S/C8H15ClO2/c1-6(5-10)2-3-7-8(4-9)11-7/h6-8,10H,2-5H2,1H3/t6?,7?,8-/m0/s1. The van der Waals surface area contributed by atoms with Gasteiger partial charge in [-0.1, -0.05) is 6.92 Å². The molecule has 1 fully saturated rings. The lowest BCUT2D eigenvalue weighted by molar-refractivity contribution is 0.224. The molecule has 1 rings (SSSR count). The maximum absolute atomic E-state index is 8.72. The molecule has 66 valence electrons. The Labute approximate surface area is 72.5 Å². The van der Waals surface area contributed by atoms with Gasteiger partial charge in [0.15, 0.2) is 0 Å². The SMILES string of the molecule is CC(CO)CCC1O[C@H]1CCl. The van der Waals surface area contributed by atoms with Gasteiger partial charge in [0.2, 0.25) is 0 Å². The lowest BCUT2D eigenvalue weighted by atomic mass is 10.0. The van der Waals surface area contributed by atoms with E-state index in [0.29, 0.717) is 24.0 Å². The van der Waals surface area contributed by atoms with Gasteiger partial charge in [-0.15, -0.1) is 11.6 Å². The van der Waals surface area contributed by atoms with Crippen LogP contribution in [0.3, 0.4) is 0 Å². The molecule has 0 amide bonds. The fraction of sp³-hybridized carbons (Fsp3) is 1.00. The fourth-order valence-corrected chi connectivity index (χ4v) is 1.38. The van der Waals surface area contributed by atoms with Crippen LogP contribution >= 0.6 is 11.6 Å². The second-order valence-corrected chi connectivity index (χ2v) is 3.54. The van der Waals surface area contributed by atoms with E-state index in [9.17, 15) is 0 Å². The summed E-state index contributed by atoms with van der Waals surface area (Å²) in [5.41, 5.74) is 0. The maximum atomic E-state index is 8.72. The molecule has 0 aromatic carbocycles. The van der Waals surface area contributed by atoms with Crippen molar-refractivity contribution in [2.75, 3.05) is 12.5 Å². The molecule has 0 aromatic rings. The lowest BCUT2D eigenvalue weighted by Gasteiger charge is -2.04. The molecule has 0 aromatic heterocycles. The van der Waals surface area contributed by atoms with Gasteiger partial charge in [-0.05, 0) is 18.8 Å². The Kier molecular flexibility index (Phi) is 3.63. The van der Waals surface area contributed by atoms with Crippen LogP contribution in [0.15, 0.2) is 0 Å². The average Bonchev–Trinajstić information content (AvgIpc) is 2.78. The molecule has 0 radical (unpaired) electrons. The summed E-state index contributed by atoms with van der Waals surface area (Å²) in [5, 5.41) is 8.72. The average molecular weight is 179 g/mol. The molecule has 11 heavy (non-hydrogen) atoms. The van der Waals surface area contributed by atoms with Gasteiger partial charge in [-0.3, -0.25) is 0 Å². The maximum Gasteiger partial charge on any atom is 0.0976 e. The zero-order valence-corrected chi connectivity index (χ0v) is 7.55. The Bertz CT molecular complexity index is 119. The van der Waals surface area contributed by atoms with E-state index in [0.717, 1.165) is 12.8 Å². The van der Waals surface area contributed by atoms with Crippen LogP contribution in [0.2, 0.25) is 0 Å². The molecule has 0 saturated carbocycles. The van der Waals surface area contributed by atoms with Crippen molar-refractivity contribution in [3.05, 3.63) is 0 Å². The molecule has 3 atom stereocenters. The highest BCUT2D eigenvalue weighted by molar-refractivity contribution is 6.18. The lowest BCUT2D eigenvalue weighted by Crippen LogP contribution is -2.03. The minimum absolute atomic E-state index is 0.276. The second kappa shape index (κ2) is 4.29. The predicted molar refractivity (Wildman–Crippen MR) is 44.9 cm³/mol. The van der Waals surface area contributed by atoms with Crippen molar-refractivity contribution in [1.82, 2.24) is 0 Å². The highest BCUT2D eigenvalue weighted by Gasteiger charge is 2.37. The number of alkyl halides is 1. The minimum atomic E-state index is 0.276. The van der Waals surface area contributed by atoms with Crippen LogP contribution in [0.5, 0.6) is 0 Å². The molecule has 1 saturated heterocycles. The molecule has 2 nitrogen and oxygen atoms in total. The number of aliphatic hydroxyl groups is 1. The Morgan fingerprint density at radius 2 is 2.27 bits per heavy atom. The van der Waals surface area contributed by atoms with E-state index in [1.807, 2.05) is 6.92 Å². The van der Waals surface area contributed by atoms with Crippen LogP contribution in [-0.2, 0) is 4.74 Å². The number of rotatable bonds is 5. The van der Waals surface area contributed by atoms with Gasteiger partial charge in [0.1, 0.15) is 0 Å². The van der Waals surface area contributed by atoms with Crippen molar-refractivity contribution in [3.8, 4) is 0 Å². The number of halogens is 1. The third-order valence-corrected chi connectivity index (χ3v) is 2.40. The summed E-state index contributed by atoms with van der Waals surface area (Å²) < 4.78 is 5.25. The fourth-order valence-electron chi connectivity index (χ4n) is 1.11. The number of hydrogen-bond donors (Lipinski definition) is 1. The first-order valence-corrected chi connectivity index (χ1v) is 4.63. The van der Waals surface area contributed by atoms with Gasteiger partial charge in [0, 0.05) is 6.61 Å². The zero-order chi connectivity index (χ0) is 8.27. The van der Waals surface area contributed by atoms with Crippen LogP contribution in [0.25, 0.3) is 0 Å². The van der Waals surface area contributed by atoms with Gasteiger partial charge < -0.3 is 9.84 Å². The normalized spacial score (nSPS) is 31.9. The third-order valence-electron chi connectivity index (χ3n) is 2.10. The number of hydrogen-bond acceptors (Lipinski definition) is 2. The van der Waals surface area contributed by atoms with Crippen LogP contribution < -0.4 is 0 Å². The Morgan fingerprint density at radius 1 is 1.55 bits per heavy atom. The Morgan fingerprint density at radius 3 is 2.73 bits per heavy atom. The van der Waals surface area contributed by atoms with E-state index in [-0.39, 0.29) is 6.61 Å². The molecule has 1 heterocycles. The molecule has 2 unspecified atom stereocenters. The highest BCUT2D eigenvalue weighted by Crippen LogP contribution is 2.28. The zero-order valence-electron chi connectivity index (χ0n) is 6.79. The summed E-state index contributed by atoms with van der Waals surface area (Å²) in [6.07, 6.45) is 2.75. The third kappa shape index (κ3) is 2.97. The number of epoxide rings is 1. The monoisotopic (exact) mass is 178 g/mol. The second-order valence-electron chi connectivity index (χ2n) is 3.23. The van der Waals surface area contributed by atoms with Crippen molar-refractivity contribution >= 4 is 11.6 Å². The van der Waals surface area contributed by atoms with E-state index in [1.54, 1.807) is 0 Å². The van der Waals surface area contributed by atoms with Crippen molar-refractivity contribution in [2.45, 2.75) is 32.0 Å². The first-order valence-electron chi connectivity index (χ1n) is 4.10. The minimum Gasteiger partial charge on any atom is -0.396 e. The molecular weight excluding hydrogens is 164 g/mol. The van der Waals surface area contributed by atoms with E-state index in [1.165, 1.54) is 0 Å². The summed E-state index contributed by atoms with van der Waals surface area (Å²) >= 11 is 5.57. The number of aliphatic hydroxyl groups excluding tert-OH is 1. The first kappa shape index (κ1) is 9.30. The van der Waals surface area contributed by atoms with Crippen molar-refractivity contribution in [3.63, 3.8) is 0 Å². The Balaban J connectivity index is 1.97. The molecule has 3 heteroatoms. The summed E-state index contributed by atoms with van der Waals surface area (Å²) in [7, 11) is 0. The number of ether oxygens (including phenoxy) is 1. The van der Waals surface area contributed by atoms with Gasteiger partial charge in [0.05, 0.1) is 18.1 Å². The summed E-state index contributed by atoms with van der Waals surface area (Å²) in [4.78, 5) is 0. The van der Waals surface area contributed by atoms with Gasteiger partial charge in [-0.25, -0.2) is 0 Å². The Hall–Kier alpha value is 0.210. The predicted octanol–water partition coefficient (Wildman–Crippen LogP) is 1.40. The molecule has 1 aliphatic rings. The van der Waals surface area contributed by atoms with Crippen LogP contribution in [-0.4, -0.2) is 29.8 Å². The molecule has 0 aliphatic carbocycles. The van der Waals surface area contributed by atoms with Crippen molar-refractivity contribution in [1.29, 1.82) is 0 Å². The first-order chi connectivity index (χ1) is 5.27. The quantitative estimate of drug-likeness (QED) is 0.510. The molecule has 1 N–H and O–H groups in total. The molecule has 1 aliphatic heterocycles.